The number of esters is 1. The summed E-state index contributed by atoms with van der Waals surface area (Å²) in [5.74, 6) is 0.773. The summed E-state index contributed by atoms with van der Waals surface area (Å²) in [5, 5.41) is 0. The predicted octanol–water partition coefficient (Wildman–Crippen LogP) is 3.71. The van der Waals surface area contributed by atoms with Crippen molar-refractivity contribution < 1.29 is 9.53 Å². The molecule has 1 fully saturated rings. The van der Waals surface area contributed by atoms with Crippen LogP contribution in [0, 0.1) is 5.92 Å². The number of ether oxygens (including phenoxy) is 1. The van der Waals surface area contributed by atoms with Crippen molar-refractivity contribution in [2.45, 2.75) is 55.8 Å². The lowest BCUT2D eigenvalue weighted by atomic mass is 9.87. The standard InChI is InChI=1S/C12H21IO2/c1-2-11(13)12(14)15-9-8-10-6-4-3-5-7-10/h10-11H,2-9H2,1H3. The third-order valence-electron chi connectivity index (χ3n) is 3.11. The molecular weight excluding hydrogens is 303 g/mol. The quantitative estimate of drug-likeness (QED) is 0.438. The van der Waals surface area contributed by atoms with Crippen molar-refractivity contribution in [3.63, 3.8) is 0 Å². The molecule has 0 aliphatic heterocycles. The minimum atomic E-state index is -0.0334. The number of hydrogen-bond donors (Lipinski definition) is 0. The fraction of sp³-hybridized carbons (Fsp3) is 0.917. The molecule has 0 spiro atoms. The molecule has 1 aliphatic rings. The third kappa shape index (κ3) is 5.18. The normalized spacial score (nSPS) is 19.9. The molecule has 0 N–H and O–H groups in total. The van der Waals surface area contributed by atoms with E-state index in [-0.39, 0.29) is 9.89 Å². The van der Waals surface area contributed by atoms with Crippen molar-refractivity contribution in [2.75, 3.05) is 6.61 Å². The number of carbonyl (C=O) groups is 1. The van der Waals surface area contributed by atoms with Crippen LogP contribution in [-0.4, -0.2) is 16.5 Å². The second kappa shape index (κ2) is 7.47. The van der Waals surface area contributed by atoms with Crippen LogP contribution in [0.15, 0.2) is 0 Å². The minimum Gasteiger partial charge on any atom is -0.465 e. The summed E-state index contributed by atoms with van der Waals surface area (Å²) in [6.45, 7) is 2.64. The smallest absolute Gasteiger partial charge is 0.318 e. The first-order valence-electron chi connectivity index (χ1n) is 6.04. The molecule has 1 atom stereocenters. The lowest BCUT2D eigenvalue weighted by Gasteiger charge is -2.21. The Bertz CT molecular complexity index is 188. The van der Waals surface area contributed by atoms with Crippen LogP contribution in [0.25, 0.3) is 0 Å². The average molecular weight is 324 g/mol. The van der Waals surface area contributed by atoms with Gasteiger partial charge in [0.2, 0.25) is 0 Å². The van der Waals surface area contributed by atoms with Crippen LogP contribution in [0.5, 0.6) is 0 Å². The maximum atomic E-state index is 11.4. The maximum Gasteiger partial charge on any atom is 0.318 e. The Morgan fingerprint density at radius 1 is 1.40 bits per heavy atom. The molecule has 2 nitrogen and oxygen atoms in total. The monoisotopic (exact) mass is 324 g/mol. The van der Waals surface area contributed by atoms with Crippen LogP contribution in [0.4, 0.5) is 0 Å². The number of rotatable bonds is 5. The highest BCUT2D eigenvalue weighted by molar-refractivity contribution is 14.1. The van der Waals surface area contributed by atoms with Crippen molar-refractivity contribution in [1.82, 2.24) is 0 Å². The summed E-state index contributed by atoms with van der Waals surface area (Å²) in [4.78, 5) is 11.4. The number of alkyl halides is 1. The molecule has 0 aromatic carbocycles. The summed E-state index contributed by atoms with van der Waals surface area (Å²) < 4.78 is 5.29. The first kappa shape index (κ1) is 13.3. The zero-order valence-electron chi connectivity index (χ0n) is 9.51. The van der Waals surface area contributed by atoms with Crippen molar-refractivity contribution in [3.8, 4) is 0 Å². The highest BCUT2D eigenvalue weighted by Gasteiger charge is 2.16. The lowest BCUT2D eigenvalue weighted by Crippen LogP contribution is -2.18. The lowest BCUT2D eigenvalue weighted by molar-refractivity contribution is -0.143. The zero-order chi connectivity index (χ0) is 11.1. The molecule has 3 heteroatoms. The Kier molecular flexibility index (Phi) is 6.61. The summed E-state index contributed by atoms with van der Waals surface area (Å²) in [6.07, 6.45) is 8.71. The second-order valence-electron chi connectivity index (χ2n) is 4.34. The van der Waals surface area contributed by atoms with Crippen LogP contribution in [0.3, 0.4) is 0 Å². The van der Waals surface area contributed by atoms with Gasteiger partial charge in [-0.1, -0.05) is 61.6 Å². The van der Waals surface area contributed by atoms with Crippen molar-refractivity contribution in [1.29, 1.82) is 0 Å². The van der Waals surface area contributed by atoms with Crippen LogP contribution < -0.4 is 0 Å². The van der Waals surface area contributed by atoms with Gasteiger partial charge in [-0.2, -0.15) is 0 Å². The van der Waals surface area contributed by atoms with E-state index in [4.69, 9.17) is 4.74 Å². The van der Waals surface area contributed by atoms with Gasteiger partial charge in [0.25, 0.3) is 0 Å². The first-order valence-corrected chi connectivity index (χ1v) is 7.29. The SMILES string of the molecule is CCC(I)C(=O)OCCC1CCCCC1. The van der Waals surface area contributed by atoms with E-state index < -0.39 is 0 Å². The molecule has 0 bridgehead atoms. The van der Waals surface area contributed by atoms with Gasteiger partial charge < -0.3 is 4.74 Å². The molecule has 0 radical (unpaired) electrons. The van der Waals surface area contributed by atoms with E-state index in [1.54, 1.807) is 0 Å². The topological polar surface area (TPSA) is 26.3 Å². The molecule has 15 heavy (non-hydrogen) atoms. The van der Waals surface area contributed by atoms with Gasteiger partial charge >= 0.3 is 5.97 Å². The average Bonchev–Trinajstić information content (AvgIpc) is 2.29. The van der Waals surface area contributed by atoms with E-state index in [2.05, 4.69) is 22.6 Å². The van der Waals surface area contributed by atoms with Crippen molar-refractivity contribution >= 4 is 28.6 Å². The first-order chi connectivity index (χ1) is 7.24. The fourth-order valence-electron chi connectivity index (χ4n) is 2.06. The molecule has 0 aromatic rings. The van der Waals surface area contributed by atoms with E-state index in [9.17, 15) is 4.79 Å². The minimum absolute atomic E-state index is 0.0334. The molecule has 1 aliphatic carbocycles. The Hall–Kier alpha value is 0.200. The van der Waals surface area contributed by atoms with Gasteiger partial charge in [-0.25, -0.2) is 0 Å². The van der Waals surface area contributed by atoms with E-state index in [0.717, 1.165) is 18.8 Å². The van der Waals surface area contributed by atoms with Gasteiger partial charge in [0.05, 0.1) is 6.61 Å². The third-order valence-corrected chi connectivity index (χ3v) is 4.50. The van der Waals surface area contributed by atoms with Gasteiger partial charge in [-0.3, -0.25) is 4.79 Å². The summed E-state index contributed by atoms with van der Waals surface area (Å²) in [6, 6.07) is 0. The van der Waals surface area contributed by atoms with Crippen molar-refractivity contribution in [2.24, 2.45) is 5.92 Å². The highest BCUT2D eigenvalue weighted by atomic mass is 127. The summed E-state index contributed by atoms with van der Waals surface area (Å²) in [7, 11) is 0. The molecule has 0 saturated heterocycles. The van der Waals surface area contributed by atoms with E-state index in [1.165, 1.54) is 32.1 Å². The van der Waals surface area contributed by atoms with Gasteiger partial charge in [-0.15, -0.1) is 0 Å². The van der Waals surface area contributed by atoms with Crippen LogP contribution >= 0.6 is 22.6 Å². The predicted molar refractivity (Wildman–Crippen MR) is 70.3 cm³/mol. The Morgan fingerprint density at radius 2 is 2.07 bits per heavy atom. The summed E-state index contributed by atoms with van der Waals surface area (Å²) in [5.41, 5.74) is 0. The molecule has 0 aromatic heterocycles. The Morgan fingerprint density at radius 3 is 2.67 bits per heavy atom. The molecule has 0 heterocycles. The van der Waals surface area contributed by atoms with E-state index in [1.807, 2.05) is 6.92 Å². The molecule has 1 saturated carbocycles. The summed E-state index contributed by atoms with van der Waals surface area (Å²) >= 11 is 2.15. The zero-order valence-corrected chi connectivity index (χ0v) is 11.7. The Labute approximate surface area is 106 Å². The van der Waals surface area contributed by atoms with Gasteiger partial charge in [0.15, 0.2) is 0 Å². The molecule has 0 amide bonds. The van der Waals surface area contributed by atoms with Crippen LogP contribution in [0.2, 0.25) is 0 Å². The molecule has 88 valence electrons. The van der Waals surface area contributed by atoms with E-state index >= 15 is 0 Å². The molecular formula is C12H21IO2. The molecule has 1 unspecified atom stereocenters. The van der Waals surface area contributed by atoms with Crippen molar-refractivity contribution in [3.05, 3.63) is 0 Å². The van der Waals surface area contributed by atoms with E-state index in [0.29, 0.717) is 6.61 Å². The molecule has 1 rings (SSSR count). The highest BCUT2D eigenvalue weighted by Crippen LogP contribution is 2.26. The van der Waals surface area contributed by atoms with Gasteiger partial charge in [-0.05, 0) is 18.8 Å². The fourth-order valence-corrected chi connectivity index (χ4v) is 2.24. The van der Waals surface area contributed by atoms with Crippen LogP contribution in [0.1, 0.15) is 51.9 Å². The number of carbonyl (C=O) groups excluding carboxylic acids is 1. The Balaban J connectivity index is 2.07. The van der Waals surface area contributed by atoms with Gasteiger partial charge in [0.1, 0.15) is 3.92 Å². The largest absolute Gasteiger partial charge is 0.465 e. The van der Waals surface area contributed by atoms with Crippen LogP contribution in [-0.2, 0) is 9.53 Å². The number of halogens is 1. The van der Waals surface area contributed by atoms with Gasteiger partial charge in [0, 0.05) is 0 Å². The maximum absolute atomic E-state index is 11.4. The number of hydrogen-bond acceptors (Lipinski definition) is 2. The second-order valence-corrected chi connectivity index (χ2v) is 5.84.